The fourth-order valence-electron chi connectivity index (χ4n) is 4.44. The van der Waals surface area contributed by atoms with Crippen LogP contribution in [0.25, 0.3) is 16.6 Å². The highest BCUT2D eigenvalue weighted by atomic mass is 35.5. The van der Waals surface area contributed by atoms with Crippen LogP contribution in [0.1, 0.15) is 16.7 Å². The van der Waals surface area contributed by atoms with Crippen LogP contribution in [0.5, 0.6) is 0 Å². The number of aromatic nitrogens is 6. The molecule has 0 spiro atoms. The fraction of sp³-hybridized carbons (Fsp3) is 0.160. The molecule has 14 heteroatoms. The summed E-state index contributed by atoms with van der Waals surface area (Å²) in [6.45, 7) is 0.00871. The summed E-state index contributed by atoms with van der Waals surface area (Å²) in [6, 6.07) is 4.98. The molecule has 0 saturated carbocycles. The fourth-order valence-corrected chi connectivity index (χ4v) is 4.84. The standard InChI is InChI=1S/C25H17Cl2F2N7O3/c1-34-8-13-3-21(17(27)4-20(13)33-34)31-23-32-24(37)36(22-7-30-6-14-10-39-11-15(14)22)25(38)35(23)9-12-2-16(26)19(29)5-18(12)28/h2-8H,9-11H2,1H3,(H,31,32,37). The van der Waals surface area contributed by atoms with Gasteiger partial charge in [-0.25, -0.2) is 22.9 Å². The number of pyridine rings is 1. The molecule has 3 aromatic heterocycles. The predicted molar refractivity (Wildman–Crippen MR) is 140 cm³/mol. The van der Waals surface area contributed by atoms with Crippen LogP contribution in [0, 0.1) is 11.6 Å². The number of hydrogen-bond acceptors (Lipinski definition) is 7. The molecule has 0 saturated heterocycles. The molecule has 39 heavy (non-hydrogen) atoms. The Morgan fingerprint density at radius 1 is 1.05 bits per heavy atom. The normalized spacial score (nSPS) is 12.7. The molecule has 198 valence electrons. The number of rotatable bonds is 5. The maximum Gasteiger partial charge on any atom is 0.359 e. The Morgan fingerprint density at radius 2 is 1.87 bits per heavy atom. The zero-order valence-electron chi connectivity index (χ0n) is 20.1. The summed E-state index contributed by atoms with van der Waals surface area (Å²) in [5.41, 5.74) is 0.620. The van der Waals surface area contributed by atoms with E-state index in [0.29, 0.717) is 22.8 Å². The average molecular weight is 572 g/mol. The lowest BCUT2D eigenvalue weighted by atomic mass is 10.1. The van der Waals surface area contributed by atoms with E-state index in [2.05, 4.69) is 20.4 Å². The second kappa shape index (κ2) is 9.56. The third-order valence-electron chi connectivity index (χ3n) is 6.31. The van der Waals surface area contributed by atoms with Gasteiger partial charge in [-0.05, 0) is 18.2 Å². The maximum absolute atomic E-state index is 14.7. The molecule has 10 nitrogen and oxygen atoms in total. The third-order valence-corrected chi connectivity index (χ3v) is 6.91. The molecule has 2 aromatic carbocycles. The number of aryl methyl sites for hydroxylation is 1. The molecule has 5 aromatic rings. The van der Waals surface area contributed by atoms with Crippen LogP contribution in [0.2, 0.25) is 10.0 Å². The number of ether oxygens (including phenoxy) is 1. The number of fused-ring (bicyclic) bond motifs is 2. The van der Waals surface area contributed by atoms with Crippen molar-refractivity contribution in [2.75, 3.05) is 5.32 Å². The predicted octanol–water partition coefficient (Wildman–Crippen LogP) is 4.08. The van der Waals surface area contributed by atoms with Crippen LogP contribution >= 0.6 is 23.2 Å². The number of benzene rings is 2. The van der Waals surface area contributed by atoms with Crippen LogP contribution < -0.4 is 16.7 Å². The van der Waals surface area contributed by atoms with Crippen molar-refractivity contribution in [3.63, 3.8) is 0 Å². The molecule has 0 fully saturated rings. The van der Waals surface area contributed by atoms with Crippen molar-refractivity contribution in [2.24, 2.45) is 7.05 Å². The zero-order valence-corrected chi connectivity index (χ0v) is 21.6. The van der Waals surface area contributed by atoms with E-state index in [0.717, 1.165) is 26.2 Å². The van der Waals surface area contributed by atoms with Crippen molar-refractivity contribution in [3.05, 3.63) is 102 Å². The van der Waals surface area contributed by atoms with Crippen LogP contribution in [0.3, 0.4) is 0 Å². The molecule has 0 amide bonds. The number of halogens is 4. The van der Waals surface area contributed by atoms with Gasteiger partial charge in [0.2, 0.25) is 5.95 Å². The number of anilines is 2. The van der Waals surface area contributed by atoms with Crippen LogP contribution in [-0.2, 0) is 31.5 Å². The molecule has 1 aliphatic heterocycles. The average Bonchev–Trinajstić information content (AvgIpc) is 3.50. The first kappa shape index (κ1) is 25.2. The van der Waals surface area contributed by atoms with Crippen molar-refractivity contribution in [1.29, 1.82) is 0 Å². The van der Waals surface area contributed by atoms with E-state index in [9.17, 15) is 18.4 Å². The highest BCUT2D eigenvalue weighted by Crippen LogP contribution is 2.30. The minimum Gasteiger partial charge on any atom is -0.372 e. The quantitative estimate of drug-likeness (QED) is 0.316. The summed E-state index contributed by atoms with van der Waals surface area (Å²) in [7, 11) is 1.75. The SMILES string of the molecule is Cn1cc2cc(Nc3nc(=O)n(-c4cncc5c4COC5)c(=O)n3Cc3cc(Cl)c(F)cc3F)c(Cl)cc2n1. The van der Waals surface area contributed by atoms with Crippen molar-refractivity contribution < 1.29 is 13.5 Å². The van der Waals surface area contributed by atoms with Gasteiger partial charge in [0.1, 0.15) is 11.6 Å². The van der Waals surface area contributed by atoms with Crippen LogP contribution in [0.4, 0.5) is 20.4 Å². The van der Waals surface area contributed by atoms with Gasteiger partial charge >= 0.3 is 11.4 Å². The molecule has 0 aliphatic carbocycles. The number of nitrogens with zero attached hydrogens (tertiary/aromatic N) is 6. The van der Waals surface area contributed by atoms with E-state index < -0.39 is 29.6 Å². The highest BCUT2D eigenvalue weighted by Gasteiger charge is 2.23. The smallest absolute Gasteiger partial charge is 0.359 e. The lowest BCUT2D eigenvalue weighted by Gasteiger charge is -2.17. The van der Waals surface area contributed by atoms with E-state index >= 15 is 0 Å². The lowest BCUT2D eigenvalue weighted by molar-refractivity contribution is 0.134. The molecule has 0 bridgehead atoms. The van der Waals surface area contributed by atoms with Gasteiger partial charge in [0.15, 0.2) is 0 Å². The van der Waals surface area contributed by atoms with Gasteiger partial charge in [0.25, 0.3) is 0 Å². The Kier molecular flexibility index (Phi) is 6.17. The van der Waals surface area contributed by atoms with Gasteiger partial charge in [-0.1, -0.05) is 23.2 Å². The van der Waals surface area contributed by atoms with E-state index in [4.69, 9.17) is 27.9 Å². The summed E-state index contributed by atoms with van der Waals surface area (Å²) in [6.07, 6.45) is 4.71. The van der Waals surface area contributed by atoms with Gasteiger partial charge in [-0.3, -0.25) is 14.2 Å². The first-order valence-electron chi connectivity index (χ1n) is 11.5. The van der Waals surface area contributed by atoms with E-state index in [1.54, 1.807) is 36.3 Å². The number of nitrogens with one attached hydrogen (secondary N) is 1. The minimum atomic E-state index is -0.950. The number of hydrogen-bond donors (Lipinski definition) is 1. The maximum atomic E-state index is 14.7. The van der Waals surface area contributed by atoms with Crippen molar-refractivity contribution in [3.8, 4) is 5.69 Å². The third kappa shape index (κ3) is 4.46. The largest absolute Gasteiger partial charge is 0.372 e. The molecule has 6 rings (SSSR count). The molecule has 4 heterocycles. The highest BCUT2D eigenvalue weighted by molar-refractivity contribution is 6.34. The van der Waals surface area contributed by atoms with Crippen LogP contribution in [0.15, 0.2) is 52.4 Å². The lowest BCUT2D eigenvalue weighted by Crippen LogP contribution is -2.42. The Bertz CT molecular complexity index is 1920. The Balaban J connectivity index is 1.55. The molecule has 0 unspecified atom stereocenters. The first-order valence-corrected chi connectivity index (χ1v) is 12.3. The molecular formula is C25H17Cl2F2N7O3. The molecule has 0 radical (unpaired) electrons. The van der Waals surface area contributed by atoms with Gasteiger partial charge in [-0.2, -0.15) is 10.1 Å². The molecule has 1 N–H and O–H groups in total. The van der Waals surface area contributed by atoms with Gasteiger partial charge < -0.3 is 10.1 Å². The Labute approximate surface area is 228 Å². The summed E-state index contributed by atoms with van der Waals surface area (Å²) < 4.78 is 37.5. The zero-order chi connectivity index (χ0) is 27.4. The van der Waals surface area contributed by atoms with Gasteiger partial charge in [0, 0.05) is 47.6 Å². The Hall–Kier alpha value is -4.13. The van der Waals surface area contributed by atoms with Gasteiger partial charge in [-0.15, -0.1) is 0 Å². The van der Waals surface area contributed by atoms with Crippen molar-refractivity contribution in [2.45, 2.75) is 19.8 Å². The van der Waals surface area contributed by atoms with Crippen molar-refractivity contribution in [1.82, 2.24) is 28.9 Å². The first-order chi connectivity index (χ1) is 18.7. The van der Waals surface area contributed by atoms with E-state index in [-0.39, 0.29) is 40.5 Å². The van der Waals surface area contributed by atoms with E-state index in [1.807, 2.05) is 0 Å². The summed E-state index contributed by atoms with van der Waals surface area (Å²) >= 11 is 12.4. The summed E-state index contributed by atoms with van der Waals surface area (Å²) in [5, 5.41) is 7.86. The second-order valence-electron chi connectivity index (χ2n) is 8.89. The second-order valence-corrected chi connectivity index (χ2v) is 9.70. The van der Waals surface area contributed by atoms with E-state index in [1.165, 1.54) is 6.20 Å². The molecule has 1 aliphatic rings. The van der Waals surface area contributed by atoms with Gasteiger partial charge in [0.05, 0.1) is 52.9 Å². The molecular weight excluding hydrogens is 555 g/mol. The summed E-state index contributed by atoms with van der Waals surface area (Å²) in [4.78, 5) is 35.4. The molecule has 0 atom stereocenters. The van der Waals surface area contributed by atoms with Crippen LogP contribution in [-0.4, -0.2) is 28.9 Å². The topological polar surface area (TPSA) is 109 Å². The Morgan fingerprint density at radius 3 is 2.69 bits per heavy atom. The summed E-state index contributed by atoms with van der Waals surface area (Å²) in [5.74, 6) is -2.10. The van der Waals surface area contributed by atoms with Crippen molar-refractivity contribution >= 4 is 45.7 Å². The minimum absolute atomic E-state index is 0.105. The monoisotopic (exact) mass is 571 g/mol.